The van der Waals surface area contributed by atoms with Crippen LogP contribution in [-0.4, -0.2) is 10.2 Å². The summed E-state index contributed by atoms with van der Waals surface area (Å²) in [6, 6.07) is 14.2. The lowest BCUT2D eigenvalue weighted by Crippen LogP contribution is -2.20. The monoisotopic (exact) mass is 351 g/mol. The molecule has 0 unspecified atom stereocenters. The van der Waals surface area contributed by atoms with Crippen LogP contribution < -0.4 is 5.32 Å². The van der Waals surface area contributed by atoms with Crippen molar-refractivity contribution in [1.29, 1.82) is 0 Å². The first-order chi connectivity index (χ1) is 12.2. The van der Waals surface area contributed by atoms with E-state index in [0.717, 1.165) is 44.9 Å². The highest BCUT2D eigenvalue weighted by Crippen LogP contribution is 2.27. The molecule has 0 radical (unpaired) electrons. The van der Waals surface area contributed by atoms with Crippen LogP contribution in [0.15, 0.2) is 66.9 Å². The Balaban J connectivity index is 1.43. The minimum absolute atomic E-state index is 0.139. The summed E-state index contributed by atoms with van der Waals surface area (Å²) in [7, 11) is 0. The van der Waals surface area contributed by atoms with Crippen molar-refractivity contribution in [3.8, 4) is 0 Å². The van der Waals surface area contributed by atoms with Gasteiger partial charge < -0.3 is 10.1 Å². The SMILES string of the molecule is C[C@H](NC1=CCC(c2ccc3cn[nH]c3c2)=CO1)c1ccc(Cl)cc1. The highest BCUT2D eigenvalue weighted by atomic mass is 35.5. The molecule has 0 bridgehead atoms. The number of allylic oxidation sites excluding steroid dienone is 2. The number of H-pyrrole nitrogens is 1. The molecule has 126 valence electrons. The number of aromatic amines is 1. The van der Waals surface area contributed by atoms with Crippen molar-refractivity contribution in [2.45, 2.75) is 19.4 Å². The summed E-state index contributed by atoms with van der Waals surface area (Å²) in [5.74, 6) is 0.772. The smallest absolute Gasteiger partial charge is 0.189 e. The molecule has 0 amide bonds. The maximum absolute atomic E-state index is 5.94. The van der Waals surface area contributed by atoms with Crippen molar-refractivity contribution in [3.05, 3.63) is 83.0 Å². The largest absolute Gasteiger partial charge is 0.449 e. The first-order valence-electron chi connectivity index (χ1n) is 8.20. The molecule has 0 spiro atoms. The van der Waals surface area contributed by atoms with Crippen LogP contribution in [0.2, 0.25) is 5.02 Å². The summed E-state index contributed by atoms with van der Waals surface area (Å²) in [5, 5.41) is 12.3. The molecular formula is C20H18ClN3O. The maximum Gasteiger partial charge on any atom is 0.189 e. The van der Waals surface area contributed by atoms with E-state index in [2.05, 4.69) is 46.7 Å². The zero-order chi connectivity index (χ0) is 17.2. The lowest BCUT2D eigenvalue weighted by molar-refractivity contribution is 0.296. The summed E-state index contributed by atoms with van der Waals surface area (Å²) in [4.78, 5) is 0. The Hall–Kier alpha value is -2.72. The Bertz CT molecular complexity index is 956. The molecule has 1 atom stereocenters. The number of fused-ring (bicyclic) bond motifs is 1. The summed E-state index contributed by atoms with van der Waals surface area (Å²) in [6.45, 7) is 2.10. The van der Waals surface area contributed by atoms with Gasteiger partial charge in [-0.2, -0.15) is 5.10 Å². The van der Waals surface area contributed by atoms with Gasteiger partial charge >= 0.3 is 0 Å². The van der Waals surface area contributed by atoms with E-state index in [0.29, 0.717) is 0 Å². The quantitative estimate of drug-likeness (QED) is 0.681. The zero-order valence-corrected chi connectivity index (χ0v) is 14.5. The fraction of sp³-hybridized carbons (Fsp3) is 0.150. The number of hydrogen-bond acceptors (Lipinski definition) is 3. The first kappa shape index (κ1) is 15.8. The Labute approximate surface area is 151 Å². The minimum atomic E-state index is 0.139. The molecule has 0 saturated carbocycles. The maximum atomic E-state index is 5.94. The second kappa shape index (κ2) is 6.65. The second-order valence-electron chi connectivity index (χ2n) is 6.12. The third-order valence-electron chi connectivity index (χ3n) is 4.38. The van der Waals surface area contributed by atoms with E-state index >= 15 is 0 Å². The molecule has 4 rings (SSSR count). The van der Waals surface area contributed by atoms with Crippen molar-refractivity contribution < 1.29 is 4.74 Å². The van der Waals surface area contributed by atoms with Gasteiger partial charge in [-0.05, 0) is 54.3 Å². The lowest BCUT2D eigenvalue weighted by atomic mass is 10.0. The Morgan fingerprint density at radius 2 is 2.04 bits per heavy atom. The molecule has 25 heavy (non-hydrogen) atoms. The predicted octanol–water partition coefficient (Wildman–Crippen LogP) is 5.17. The molecule has 1 aliphatic heterocycles. The molecular weight excluding hydrogens is 334 g/mol. The minimum Gasteiger partial charge on any atom is -0.449 e. The molecule has 0 saturated heterocycles. The van der Waals surface area contributed by atoms with E-state index < -0.39 is 0 Å². The first-order valence-corrected chi connectivity index (χ1v) is 8.58. The van der Waals surface area contributed by atoms with Gasteiger partial charge in [0.2, 0.25) is 0 Å². The lowest BCUT2D eigenvalue weighted by Gasteiger charge is -2.21. The zero-order valence-electron chi connectivity index (χ0n) is 13.8. The molecule has 1 aliphatic rings. The third kappa shape index (κ3) is 3.39. The van der Waals surface area contributed by atoms with Gasteiger partial charge in [-0.1, -0.05) is 35.9 Å². The Morgan fingerprint density at radius 1 is 1.20 bits per heavy atom. The van der Waals surface area contributed by atoms with E-state index in [1.807, 2.05) is 36.7 Å². The van der Waals surface area contributed by atoms with E-state index in [4.69, 9.17) is 16.3 Å². The standard InChI is InChI=1S/C20H18ClN3O/c1-13(14-4-7-18(21)8-5-14)23-20-9-6-17(12-25-20)15-2-3-16-11-22-24-19(16)10-15/h2-5,7-13,23H,6H2,1H3,(H,22,24)/t13-/m0/s1. The molecule has 1 aromatic heterocycles. The van der Waals surface area contributed by atoms with Crippen molar-refractivity contribution in [2.24, 2.45) is 0 Å². The fourth-order valence-corrected chi connectivity index (χ4v) is 3.02. The molecule has 4 nitrogen and oxygen atoms in total. The van der Waals surface area contributed by atoms with E-state index in [1.165, 1.54) is 0 Å². The van der Waals surface area contributed by atoms with Crippen molar-refractivity contribution in [1.82, 2.24) is 15.5 Å². The molecule has 3 aromatic rings. The topological polar surface area (TPSA) is 49.9 Å². The van der Waals surface area contributed by atoms with E-state index in [1.54, 1.807) is 0 Å². The molecule has 5 heteroatoms. The normalized spacial score (nSPS) is 15.3. The van der Waals surface area contributed by atoms with Gasteiger partial charge in [-0.3, -0.25) is 5.10 Å². The summed E-state index contributed by atoms with van der Waals surface area (Å²) in [6.07, 6.45) is 6.52. The van der Waals surface area contributed by atoms with Gasteiger partial charge in [0, 0.05) is 10.4 Å². The number of benzene rings is 2. The highest BCUT2D eigenvalue weighted by Gasteiger charge is 2.13. The average molecular weight is 352 g/mol. The van der Waals surface area contributed by atoms with Crippen LogP contribution in [0.25, 0.3) is 16.5 Å². The Kier molecular flexibility index (Phi) is 4.20. The van der Waals surface area contributed by atoms with Gasteiger partial charge in [0.15, 0.2) is 5.88 Å². The van der Waals surface area contributed by atoms with Crippen molar-refractivity contribution >= 4 is 28.1 Å². The van der Waals surface area contributed by atoms with Gasteiger partial charge in [0.25, 0.3) is 0 Å². The van der Waals surface area contributed by atoms with Crippen molar-refractivity contribution in [3.63, 3.8) is 0 Å². The average Bonchev–Trinajstić information content (AvgIpc) is 3.10. The van der Waals surface area contributed by atoms with Crippen LogP contribution in [0.3, 0.4) is 0 Å². The fourth-order valence-electron chi connectivity index (χ4n) is 2.90. The summed E-state index contributed by atoms with van der Waals surface area (Å²) < 4.78 is 5.79. The number of nitrogens with one attached hydrogen (secondary N) is 2. The molecule has 0 fully saturated rings. The Morgan fingerprint density at radius 3 is 2.80 bits per heavy atom. The van der Waals surface area contributed by atoms with Crippen molar-refractivity contribution in [2.75, 3.05) is 0 Å². The van der Waals surface area contributed by atoms with Gasteiger partial charge in [-0.25, -0.2) is 0 Å². The van der Waals surface area contributed by atoms with Crippen LogP contribution in [0, 0.1) is 0 Å². The summed E-state index contributed by atoms with van der Waals surface area (Å²) >= 11 is 5.94. The van der Waals surface area contributed by atoms with Crippen LogP contribution in [-0.2, 0) is 4.74 Å². The van der Waals surface area contributed by atoms with Gasteiger partial charge in [0.1, 0.15) is 0 Å². The second-order valence-corrected chi connectivity index (χ2v) is 6.56. The molecule has 2 heterocycles. The van der Waals surface area contributed by atoms with Gasteiger partial charge in [0.05, 0.1) is 24.0 Å². The highest BCUT2D eigenvalue weighted by molar-refractivity contribution is 6.30. The molecule has 2 aromatic carbocycles. The number of hydrogen-bond donors (Lipinski definition) is 2. The van der Waals surface area contributed by atoms with Crippen LogP contribution >= 0.6 is 11.6 Å². The van der Waals surface area contributed by atoms with Crippen LogP contribution in [0.1, 0.15) is 30.5 Å². The van der Waals surface area contributed by atoms with E-state index in [9.17, 15) is 0 Å². The number of aromatic nitrogens is 2. The van der Waals surface area contributed by atoms with E-state index in [-0.39, 0.29) is 6.04 Å². The van der Waals surface area contributed by atoms with Crippen LogP contribution in [0.4, 0.5) is 0 Å². The van der Waals surface area contributed by atoms with Crippen LogP contribution in [0.5, 0.6) is 0 Å². The number of nitrogens with zero attached hydrogens (tertiary/aromatic N) is 1. The molecule has 2 N–H and O–H groups in total. The molecule has 0 aliphatic carbocycles. The number of rotatable bonds is 4. The number of halogens is 1. The third-order valence-corrected chi connectivity index (χ3v) is 4.63. The number of ether oxygens (including phenoxy) is 1. The van der Waals surface area contributed by atoms with Gasteiger partial charge in [-0.15, -0.1) is 0 Å². The summed E-state index contributed by atoms with van der Waals surface area (Å²) in [5.41, 5.74) is 4.47. The predicted molar refractivity (Wildman–Crippen MR) is 101 cm³/mol.